The van der Waals surface area contributed by atoms with Crippen LogP contribution in [0.25, 0.3) is 0 Å². The molecule has 6 N–H and O–H groups in total. The second-order valence-corrected chi connectivity index (χ2v) is 6.59. The SMILES string of the molecule is COC(=O)[C@H](Cc1ccccc1)NC(=O)[C@H](CC(=O)O)NC(=O)[C@H](N)C(C)C(=O)O.Cl. The Hall–Kier alpha value is -3.18. The van der Waals surface area contributed by atoms with Crippen LogP contribution in [-0.2, 0) is 35.1 Å². The summed E-state index contributed by atoms with van der Waals surface area (Å²) in [5.41, 5.74) is 6.28. The molecular weight excluding hydrogens is 434 g/mol. The van der Waals surface area contributed by atoms with Gasteiger partial charge >= 0.3 is 17.9 Å². The first kappa shape index (κ1) is 27.8. The zero-order chi connectivity index (χ0) is 22.8. The van der Waals surface area contributed by atoms with Crippen LogP contribution in [0.4, 0.5) is 0 Å². The molecule has 0 aromatic heterocycles. The average Bonchev–Trinajstić information content (AvgIpc) is 2.71. The van der Waals surface area contributed by atoms with Crippen LogP contribution in [0.3, 0.4) is 0 Å². The third kappa shape index (κ3) is 9.01. The number of hydrogen-bond donors (Lipinski definition) is 5. The third-order valence-corrected chi connectivity index (χ3v) is 4.33. The minimum Gasteiger partial charge on any atom is -0.481 e. The fourth-order valence-electron chi connectivity index (χ4n) is 2.49. The maximum atomic E-state index is 12.6. The number of nitrogens with two attached hydrogens (primary N) is 1. The highest BCUT2D eigenvalue weighted by Crippen LogP contribution is 2.07. The zero-order valence-electron chi connectivity index (χ0n) is 16.9. The Kier molecular flexibility index (Phi) is 11.8. The number of nitrogens with one attached hydrogen (secondary N) is 2. The fraction of sp³-hybridized carbons (Fsp3) is 0.421. The van der Waals surface area contributed by atoms with Crippen LogP contribution in [0.5, 0.6) is 0 Å². The molecule has 0 spiro atoms. The number of rotatable bonds is 11. The summed E-state index contributed by atoms with van der Waals surface area (Å²) in [5, 5.41) is 22.5. The van der Waals surface area contributed by atoms with Gasteiger partial charge in [0.1, 0.15) is 12.1 Å². The number of benzene rings is 1. The molecule has 12 heteroatoms. The van der Waals surface area contributed by atoms with Gasteiger partial charge in [-0.05, 0) is 12.5 Å². The lowest BCUT2D eigenvalue weighted by molar-refractivity contribution is -0.147. The van der Waals surface area contributed by atoms with Gasteiger partial charge in [0.15, 0.2) is 0 Å². The Morgan fingerprint density at radius 3 is 2.03 bits per heavy atom. The molecule has 31 heavy (non-hydrogen) atoms. The number of esters is 1. The van der Waals surface area contributed by atoms with E-state index in [9.17, 15) is 24.0 Å². The number of carbonyl (C=O) groups excluding carboxylic acids is 3. The number of carboxylic acid groups (broad SMARTS) is 2. The summed E-state index contributed by atoms with van der Waals surface area (Å²) >= 11 is 0. The van der Waals surface area contributed by atoms with Crippen molar-refractivity contribution in [2.45, 2.75) is 37.9 Å². The van der Waals surface area contributed by atoms with Gasteiger partial charge < -0.3 is 31.3 Å². The molecule has 0 saturated carbocycles. The van der Waals surface area contributed by atoms with Crippen molar-refractivity contribution < 1.29 is 38.9 Å². The molecule has 1 aromatic carbocycles. The topological polar surface area (TPSA) is 185 Å². The van der Waals surface area contributed by atoms with Gasteiger partial charge in [0.2, 0.25) is 11.8 Å². The molecule has 0 bridgehead atoms. The first-order valence-electron chi connectivity index (χ1n) is 8.99. The van der Waals surface area contributed by atoms with Crippen LogP contribution in [0.15, 0.2) is 30.3 Å². The van der Waals surface area contributed by atoms with E-state index in [1.165, 1.54) is 6.92 Å². The molecule has 4 atom stereocenters. The van der Waals surface area contributed by atoms with E-state index in [0.717, 1.165) is 7.11 Å². The summed E-state index contributed by atoms with van der Waals surface area (Å²) in [5.74, 6) is -6.71. The molecule has 1 rings (SSSR count). The molecule has 2 amide bonds. The van der Waals surface area contributed by atoms with Gasteiger partial charge in [0, 0.05) is 6.42 Å². The van der Waals surface area contributed by atoms with E-state index in [2.05, 4.69) is 15.4 Å². The lowest BCUT2D eigenvalue weighted by atomic mass is 10.0. The number of amides is 2. The predicted octanol–water partition coefficient (Wildman–Crippen LogP) is -0.684. The Bertz CT molecular complexity index is 790. The second-order valence-electron chi connectivity index (χ2n) is 6.59. The molecule has 1 aromatic rings. The molecule has 0 fully saturated rings. The molecule has 0 aliphatic heterocycles. The minimum absolute atomic E-state index is 0. The van der Waals surface area contributed by atoms with Gasteiger partial charge in [-0.15, -0.1) is 12.4 Å². The van der Waals surface area contributed by atoms with E-state index >= 15 is 0 Å². The normalized spacial score (nSPS) is 14.0. The summed E-state index contributed by atoms with van der Waals surface area (Å²) in [6.07, 6.45) is -0.729. The van der Waals surface area contributed by atoms with E-state index in [4.69, 9.17) is 15.9 Å². The number of ether oxygens (including phenoxy) is 1. The van der Waals surface area contributed by atoms with Gasteiger partial charge in [0.05, 0.1) is 25.5 Å². The summed E-state index contributed by atoms with van der Waals surface area (Å²) in [7, 11) is 1.13. The van der Waals surface area contributed by atoms with Gasteiger partial charge in [-0.1, -0.05) is 30.3 Å². The molecule has 172 valence electrons. The lowest BCUT2D eigenvalue weighted by Crippen LogP contribution is -2.57. The standard InChI is InChI=1S/C19H25N3O8.ClH/c1-10(18(27)28)15(20)17(26)21-12(9-14(23)24)16(25)22-13(19(29)30-2)8-11-6-4-3-5-7-11;/h3-7,10,12-13,15H,8-9,20H2,1-2H3,(H,21,26)(H,22,25)(H,23,24)(H,27,28);1H/t10?,12-,13-,15+;/m0./s1. The fourth-order valence-corrected chi connectivity index (χ4v) is 2.49. The van der Waals surface area contributed by atoms with Crippen LogP contribution in [0, 0.1) is 5.92 Å². The number of methoxy groups -OCH3 is 1. The first-order valence-corrected chi connectivity index (χ1v) is 8.99. The number of aliphatic carboxylic acids is 2. The van der Waals surface area contributed by atoms with Crippen LogP contribution in [-0.4, -0.2) is 65.2 Å². The molecule has 11 nitrogen and oxygen atoms in total. The quantitative estimate of drug-likeness (QED) is 0.267. The van der Waals surface area contributed by atoms with E-state index < -0.39 is 60.2 Å². The average molecular weight is 460 g/mol. The molecular formula is C19H26ClN3O8. The number of hydrogen-bond acceptors (Lipinski definition) is 7. The molecule has 0 heterocycles. The van der Waals surface area contributed by atoms with Crippen molar-refractivity contribution in [1.82, 2.24) is 10.6 Å². The van der Waals surface area contributed by atoms with Crippen molar-refractivity contribution in [2.24, 2.45) is 11.7 Å². The molecule has 1 unspecified atom stereocenters. The summed E-state index contributed by atoms with van der Waals surface area (Å²) in [4.78, 5) is 59.0. The Balaban J connectivity index is 0.00000900. The van der Waals surface area contributed by atoms with E-state index in [-0.39, 0.29) is 18.8 Å². The largest absolute Gasteiger partial charge is 0.481 e. The molecule has 0 aliphatic rings. The summed E-state index contributed by atoms with van der Waals surface area (Å²) in [6.45, 7) is 1.20. The molecule has 0 aliphatic carbocycles. The maximum Gasteiger partial charge on any atom is 0.328 e. The number of carboxylic acids is 2. The van der Waals surface area contributed by atoms with Crippen molar-refractivity contribution in [3.63, 3.8) is 0 Å². The van der Waals surface area contributed by atoms with E-state index in [1.807, 2.05) is 0 Å². The highest BCUT2D eigenvalue weighted by molar-refractivity contribution is 5.95. The van der Waals surface area contributed by atoms with Crippen molar-refractivity contribution >= 4 is 42.1 Å². The lowest BCUT2D eigenvalue weighted by Gasteiger charge is -2.23. The molecule has 0 saturated heterocycles. The highest BCUT2D eigenvalue weighted by atomic mass is 35.5. The van der Waals surface area contributed by atoms with Crippen LogP contribution < -0.4 is 16.4 Å². The zero-order valence-corrected chi connectivity index (χ0v) is 17.8. The van der Waals surface area contributed by atoms with Crippen molar-refractivity contribution in [3.8, 4) is 0 Å². The predicted molar refractivity (Wildman–Crippen MR) is 110 cm³/mol. The van der Waals surface area contributed by atoms with Gasteiger partial charge in [0.25, 0.3) is 0 Å². The molecule has 0 radical (unpaired) electrons. The first-order chi connectivity index (χ1) is 14.1. The Morgan fingerprint density at radius 1 is 1.00 bits per heavy atom. The van der Waals surface area contributed by atoms with E-state index in [1.54, 1.807) is 30.3 Å². The Labute approximate surface area is 184 Å². The summed E-state index contributed by atoms with van der Waals surface area (Å²) in [6, 6.07) is 4.49. The highest BCUT2D eigenvalue weighted by Gasteiger charge is 2.32. The minimum atomic E-state index is -1.58. The van der Waals surface area contributed by atoms with E-state index in [0.29, 0.717) is 5.56 Å². The summed E-state index contributed by atoms with van der Waals surface area (Å²) < 4.78 is 4.68. The van der Waals surface area contributed by atoms with Gasteiger partial charge in [-0.2, -0.15) is 0 Å². The van der Waals surface area contributed by atoms with Crippen molar-refractivity contribution in [1.29, 1.82) is 0 Å². The monoisotopic (exact) mass is 459 g/mol. The number of carbonyl (C=O) groups is 5. The Morgan fingerprint density at radius 2 is 1.55 bits per heavy atom. The van der Waals surface area contributed by atoms with Crippen LogP contribution in [0.2, 0.25) is 0 Å². The van der Waals surface area contributed by atoms with Crippen LogP contribution in [0.1, 0.15) is 18.9 Å². The third-order valence-electron chi connectivity index (χ3n) is 4.33. The number of halogens is 1. The van der Waals surface area contributed by atoms with Crippen LogP contribution >= 0.6 is 12.4 Å². The van der Waals surface area contributed by atoms with Crippen molar-refractivity contribution in [2.75, 3.05) is 7.11 Å². The maximum absolute atomic E-state index is 12.6. The van der Waals surface area contributed by atoms with Crippen molar-refractivity contribution in [3.05, 3.63) is 35.9 Å². The van der Waals surface area contributed by atoms with Gasteiger partial charge in [-0.25, -0.2) is 4.79 Å². The second kappa shape index (κ2) is 13.2. The van der Waals surface area contributed by atoms with Gasteiger partial charge in [-0.3, -0.25) is 19.2 Å². The smallest absolute Gasteiger partial charge is 0.328 e.